The molecule has 4 N–H and O–H groups in total. The van der Waals surface area contributed by atoms with E-state index in [0.717, 1.165) is 41.7 Å². The van der Waals surface area contributed by atoms with Crippen LogP contribution in [-0.2, 0) is 10.5 Å². The summed E-state index contributed by atoms with van der Waals surface area (Å²) in [6.45, 7) is 5.07. The van der Waals surface area contributed by atoms with Gasteiger partial charge in [0, 0.05) is 36.9 Å². The first kappa shape index (κ1) is 17.8. The molecular weight excluding hydrogens is 306 g/mol. The van der Waals surface area contributed by atoms with Gasteiger partial charge in [-0.25, -0.2) is 4.98 Å². The summed E-state index contributed by atoms with van der Waals surface area (Å²) < 4.78 is 0. The molecule has 118 valence electrons. The molecule has 0 radical (unpaired) electrons. The first-order chi connectivity index (χ1) is 10.1. The zero-order valence-electron chi connectivity index (χ0n) is 12.5. The van der Waals surface area contributed by atoms with Gasteiger partial charge in [0.05, 0.1) is 5.69 Å². The molecule has 1 rings (SSSR count). The number of rotatable bonds is 9. The van der Waals surface area contributed by atoms with Crippen LogP contribution in [0.3, 0.4) is 0 Å². The standard InChI is InChI=1S/C13H23N5OS2/c1-3-4-5-16-12(14)18-13-17-11(9-21-13)8-20-7-6-15-10(2)19/h9H,3-8H2,1-2H3,(H,15,19)(H3,14,16,17,18). The average Bonchev–Trinajstić information content (AvgIpc) is 2.86. The van der Waals surface area contributed by atoms with Crippen LogP contribution < -0.4 is 16.4 Å². The van der Waals surface area contributed by atoms with E-state index in [-0.39, 0.29) is 5.91 Å². The Balaban J connectivity index is 2.26. The minimum absolute atomic E-state index is 0.00794. The number of carbonyl (C=O) groups excluding carboxylic acids is 1. The lowest BCUT2D eigenvalue weighted by molar-refractivity contribution is -0.118. The van der Waals surface area contributed by atoms with Crippen LogP contribution in [-0.4, -0.2) is 35.7 Å². The molecule has 0 unspecified atom stereocenters. The van der Waals surface area contributed by atoms with Crippen molar-refractivity contribution in [2.24, 2.45) is 10.7 Å². The number of carbonyl (C=O) groups is 1. The van der Waals surface area contributed by atoms with Gasteiger partial charge < -0.3 is 16.4 Å². The van der Waals surface area contributed by atoms with Crippen molar-refractivity contribution in [3.63, 3.8) is 0 Å². The molecule has 0 saturated carbocycles. The fourth-order valence-corrected chi connectivity index (χ4v) is 2.98. The lowest BCUT2D eigenvalue weighted by atomic mass is 10.3. The van der Waals surface area contributed by atoms with Gasteiger partial charge in [0.2, 0.25) is 5.91 Å². The molecule has 1 amide bonds. The highest BCUT2D eigenvalue weighted by Crippen LogP contribution is 2.19. The monoisotopic (exact) mass is 329 g/mol. The van der Waals surface area contributed by atoms with Crippen LogP contribution in [0.5, 0.6) is 0 Å². The first-order valence-electron chi connectivity index (χ1n) is 6.95. The molecule has 0 aliphatic rings. The van der Waals surface area contributed by atoms with Crippen molar-refractivity contribution < 1.29 is 4.79 Å². The third-order valence-corrected chi connectivity index (χ3v) is 4.25. The number of amides is 1. The van der Waals surface area contributed by atoms with E-state index in [0.29, 0.717) is 12.5 Å². The van der Waals surface area contributed by atoms with Gasteiger partial charge in [-0.3, -0.25) is 9.79 Å². The molecular formula is C13H23N5OS2. The minimum atomic E-state index is 0.00794. The lowest BCUT2D eigenvalue weighted by Gasteiger charge is -2.01. The van der Waals surface area contributed by atoms with Crippen molar-refractivity contribution >= 4 is 40.1 Å². The van der Waals surface area contributed by atoms with E-state index in [1.54, 1.807) is 11.8 Å². The molecule has 1 aromatic heterocycles. The number of anilines is 1. The second-order valence-corrected chi connectivity index (χ2v) is 6.39. The summed E-state index contributed by atoms with van der Waals surface area (Å²) in [6, 6.07) is 0. The summed E-state index contributed by atoms with van der Waals surface area (Å²) in [5.74, 6) is 2.13. The van der Waals surface area contributed by atoms with E-state index in [1.165, 1.54) is 18.3 Å². The Hall–Kier alpha value is -1.28. The number of guanidine groups is 1. The van der Waals surface area contributed by atoms with Gasteiger partial charge in [0.25, 0.3) is 0 Å². The maximum absolute atomic E-state index is 10.7. The largest absolute Gasteiger partial charge is 0.370 e. The molecule has 0 aromatic carbocycles. The maximum atomic E-state index is 10.7. The number of hydrogen-bond acceptors (Lipinski definition) is 5. The smallest absolute Gasteiger partial charge is 0.216 e. The first-order valence-corrected chi connectivity index (χ1v) is 8.98. The van der Waals surface area contributed by atoms with Gasteiger partial charge in [-0.05, 0) is 6.42 Å². The van der Waals surface area contributed by atoms with E-state index in [1.807, 2.05) is 5.38 Å². The molecule has 0 fully saturated rings. The molecule has 1 aromatic rings. The molecule has 0 bridgehead atoms. The quantitative estimate of drug-likeness (QED) is 0.366. The van der Waals surface area contributed by atoms with Crippen LogP contribution >= 0.6 is 23.1 Å². The topological polar surface area (TPSA) is 92.4 Å². The van der Waals surface area contributed by atoms with Crippen LogP contribution in [0.15, 0.2) is 10.4 Å². The Labute approximate surface area is 134 Å². The van der Waals surface area contributed by atoms with Crippen molar-refractivity contribution in [2.45, 2.75) is 32.4 Å². The molecule has 0 aliphatic carbocycles. The van der Waals surface area contributed by atoms with E-state index >= 15 is 0 Å². The van der Waals surface area contributed by atoms with Crippen LogP contribution in [0.4, 0.5) is 5.13 Å². The fourth-order valence-electron chi connectivity index (χ4n) is 1.41. The van der Waals surface area contributed by atoms with Crippen LogP contribution in [0, 0.1) is 0 Å². The van der Waals surface area contributed by atoms with Crippen molar-refractivity contribution in [3.05, 3.63) is 11.1 Å². The minimum Gasteiger partial charge on any atom is -0.370 e. The predicted octanol–water partition coefficient (Wildman–Crippen LogP) is 2.04. The lowest BCUT2D eigenvalue weighted by Crippen LogP contribution is -2.22. The average molecular weight is 329 g/mol. The molecule has 21 heavy (non-hydrogen) atoms. The molecule has 0 saturated heterocycles. The van der Waals surface area contributed by atoms with Crippen molar-refractivity contribution in [2.75, 3.05) is 24.2 Å². The third-order valence-electron chi connectivity index (χ3n) is 2.45. The molecule has 1 heterocycles. The summed E-state index contributed by atoms with van der Waals surface area (Å²) in [4.78, 5) is 19.4. The summed E-state index contributed by atoms with van der Waals surface area (Å²) in [5, 5.41) is 8.55. The number of nitrogens with one attached hydrogen (secondary N) is 2. The SMILES string of the molecule is CCCCN=C(N)Nc1nc(CSCCNC(C)=O)cs1. The van der Waals surface area contributed by atoms with Crippen LogP contribution in [0.25, 0.3) is 0 Å². The number of aromatic nitrogens is 1. The predicted molar refractivity (Wildman–Crippen MR) is 92.0 cm³/mol. The zero-order chi connectivity index (χ0) is 15.5. The number of thioether (sulfide) groups is 1. The highest BCUT2D eigenvalue weighted by molar-refractivity contribution is 7.98. The highest BCUT2D eigenvalue weighted by Gasteiger charge is 2.03. The number of nitrogens with zero attached hydrogens (tertiary/aromatic N) is 2. The van der Waals surface area contributed by atoms with E-state index in [9.17, 15) is 4.79 Å². The zero-order valence-corrected chi connectivity index (χ0v) is 14.1. The van der Waals surface area contributed by atoms with Gasteiger partial charge in [0.15, 0.2) is 11.1 Å². The van der Waals surface area contributed by atoms with E-state index in [4.69, 9.17) is 5.73 Å². The molecule has 8 heteroatoms. The summed E-state index contributed by atoms with van der Waals surface area (Å²) >= 11 is 3.26. The second kappa shape index (κ2) is 10.4. The van der Waals surface area contributed by atoms with Gasteiger partial charge in [-0.15, -0.1) is 11.3 Å². The number of aliphatic imine (C=N–C) groups is 1. The van der Waals surface area contributed by atoms with Gasteiger partial charge in [-0.2, -0.15) is 11.8 Å². The van der Waals surface area contributed by atoms with E-state index < -0.39 is 0 Å². The Bertz CT molecular complexity index is 461. The normalized spacial score (nSPS) is 11.4. The molecule has 0 aliphatic heterocycles. The van der Waals surface area contributed by atoms with Gasteiger partial charge >= 0.3 is 0 Å². The Morgan fingerprint density at radius 1 is 1.57 bits per heavy atom. The van der Waals surface area contributed by atoms with Crippen LogP contribution in [0.1, 0.15) is 32.4 Å². The Kier molecular flexibility index (Phi) is 8.84. The maximum Gasteiger partial charge on any atom is 0.216 e. The Morgan fingerprint density at radius 3 is 3.10 bits per heavy atom. The van der Waals surface area contributed by atoms with E-state index in [2.05, 4.69) is 27.5 Å². The number of unbranched alkanes of at least 4 members (excludes halogenated alkanes) is 1. The molecule has 0 atom stereocenters. The number of thiazole rings is 1. The number of nitrogens with two attached hydrogens (primary N) is 1. The van der Waals surface area contributed by atoms with Gasteiger partial charge in [0.1, 0.15) is 0 Å². The summed E-state index contributed by atoms with van der Waals surface area (Å²) in [6.07, 6.45) is 2.14. The van der Waals surface area contributed by atoms with Crippen molar-refractivity contribution in [1.29, 1.82) is 0 Å². The summed E-state index contributed by atoms with van der Waals surface area (Å²) in [7, 11) is 0. The third kappa shape index (κ3) is 8.56. The van der Waals surface area contributed by atoms with Crippen molar-refractivity contribution in [1.82, 2.24) is 10.3 Å². The van der Waals surface area contributed by atoms with Crippen molar-refractivity contribution in [3.8, 4) is 0 Å². The van der Waals surface area contributed by atoms with Crippen LogP contribution in [0.2, 0.25) is 0 Å². The van der Waals surface area contributed by atoms with Gasteiger partial charge in [-0.1, -0.05) is 13.3 Å². The second-order valence-electron chi connectivity index (χ2n) is 4.43. The molecule has 0 spiro atoms. The number of hydrogen-bond donors (Lipinski definition) is 3. The Morgan fingerprint density at radius 2 is 2.38 bits per heavy atom. The highest BCUT2D eigenvalue weighted by atomic mass is 32.2. The summed E-state index contributed by atoms with van der Waals surface area (Å²) in [5.41, 5.74) is 6.79. The fraction of sp³-hybridized carbons (Fsp3) is 0.615. The molecule has 6 nitrogen and oxygen atoms in total.